The molecule has 3 aromatic rings. The predicted octanol–water partition coefficient (Wildman–Crippen LogP) is 3.71. The normalized spacial score (nSPS) is 11.5. The maximum Gasteiger partial charge on any atom is 0.269 e. The molecule has 1 aromatic heterocycles. The highest BCUT2D eigenvalue weighted by Gasteiger charge is 2.05. The Bertz CT molecular complexity index is 1090. The van der Waals surface area contributed by atoms with Gasteiger partial charge in [-0.2, -0.15) is 5.10 Å². The summed E-state index contributed by atoms with van der Waals surface area (Å²) >= 11 is 0. The topological polar surface area (TPSA) is 142 Å². The quantitative estimate of drug-likeness (QED) is 0.461. The lowest BCUT2D eigenvalue weighted by atomic mass is 10.3. The minimum Gasteiger partial charge on any atom is -0.265 e. The van der Waals surface area contributed by atoms with Gasteiger partial charge in [0.1, 0.15) is 23.8 Å². The number of amidine groups is 1. The highest BCUT2D eigenvalue weighted by molar-refractivity contribution is 5.92. The third-order valence-electron chi connectivity index (χ3n) is 3.65. The summed E-state index contributed by atoms with van der Waals surface area (Å²) in [6, 6.07) is 10.5. The third kappa shape index (κ3) is 7.53. The molecule has 0 saturated carbocycles. The molecule has 2 heterocycles. The van der Waals surface area contributed by atoms with Gasteiger partial charge < -0.3 is 0 Å². The summed E-state index contributed by atoms with van der Waals surface area (Å²) in [5, 5.41) is 24.5. The second-order valence-electron chi connectivity index (χ2n) is 5.94. The van der Waals surface area contributed by atoms with Crippen molar-refractivity contribution in [3.05, 3.63) is 86.7 Å². The van der Waals surface area contributed by atoms with Crippen molar-refractivity contribution < 1.29 is 14.2 Å². The Morgan fingerprint density at radius 1 is 0.935 bits per heavy atom. The number of nitro groups is 2. The van der Waals surface area contributed by atoms with Crippen molar-refractivity contribution >= 4 is 23.4 Å². The third-order valence-corrected chi connectivity index (χ3v) is 3.65. The van der Waals surface area contributed by atoms with Gasteiger partial charge in [0.2, 0.25) is 0 Å². The fourth-order valence-corrected chi connectivity index (χ4v) is 2.15. The number of hydrogen-bond donors (Lipinski definition) is 0. The molecule has 0 radical (unpaired) electrons. The zero-order valence-corrected chi connectivity index (χ0v) is 16.6. The number of nitro benzene ring substituents is 2. The SMILES string of the molecule is CC1=NCC=N1.Cc1ncn(-c2ccc([N+](=O)[O-])cc2)n1.O=[N+]([O-])c1ccc(F)cc1. The molecule has 0 N–H and O–H groups in total. The van der Waals surface area contributed by atoms with Gasteiger partial charge in [0.05, 0.1) is 22.1 Å². The smallest absolute Gasteiger partial charge is 0.265 e. The fraction of sp³-hybridized carbons (Fsp3) is 0.158. The van der Waals surface area contributed by atoms with E-state index in [0.717, 1.165) is 42.3 Å². The zero-order chi connectivity index (χ0) is 22.8. The highest BCUT2D eigenvalue weighted by Crippen LogP contribution is 2.14. The van der Waals surface area contributed by atoms with E-state index >= 15 is 0 Å². The number of halogens is 1. The molecule has 160 valence electrons. The summed E-state index contributed by atoms with van der Waals surface area (Å²) in [5.41, 5.74) is 0.721. The summed E-state index contributed by atoms with van der Waals surface area (Å²) in [6.07, 6.45) is 3.37. The van der Waals surface area contributed by atoms with Crippen molar-refractivity contribution in [1.82, 2.24) is 14.8 Å². The lowest BCUT2D eigenvalue weighted by Crippen LogP contribution is -1.95. The van der Waals surface area contributed by atoms with Gasteiger partial charge in [0.25, 0.3) is 11.4 Å². The number of aryl methyl sites for hydroxylation is 1. The number of non-ortho nitro benzene ring substituents is 2. The van der Waals surface area contributed by atoms with E-state index < -0.39 is 15.7 Å². The number of benzene rings is 2. The van der Waals surface area contributed by atoms with Crippen molar-refractivity contribution in [3.63, 3.8) is 0 Å². The summed E-state index contributed by atoms with van der Waals surface area (Å²) in [7, 11) is 0. The van der Waals surface area contributed by atoms with Gasteiger partial charge in [0.15, 0.2) is 0 Å². The lowest BCUT2D eigenvalue weighted by molar-refractivity contribution is -0.385. The molecule has 1 aliphatic rings. The Hall–Kier alpha value is -4.35. The van der Waals surface area contributed by atoms with Crippen LogP contribution in [0.3, 0.4) is 0 Å². The van der Waals surface area contributed by atoms with Crippen molar-refractivity contribution in [2.45, 2.75) is 13.8 Å². The van der Waals surface area contributed by atoms with Crippen LogP contribution in [0.4, 0.5) is 15.8 Å². The zero-order valence-electron chi connectivity index (χ0n) is 16.6. The van der Waals surface area contributed by atoms with E-state index in [1.54, 1.807) is 36.3 Å². The molecule has 12 heteroatoms. The minimum atomic E-state index is -0.570. The standard InChI is InChI=1S/C9H8N4O2.C6H4FNO2.C4H6N2/c1-7-10-6-12(11-7)8-2-4-9(5-3-8)13(14)15;7-5-1-3-6(4-2-5)8(9)10;1-4-5-2-3-6-4/h2-6H,1H3;1-4H;2H,3H2,1H3. The molecular formula is C19H18FN7O4. The van der Waals surface area contributed by atoms with Gasteiger partial charge in [-0.25, -0.2) is 19.0 Å². The second-order valence-corrected chi connectivity index (χ2v) is 5.94. The van der Waals surface area contributed by atoms with Crippen LogP contribution in [0.1, 0.15) is 12.7 Å². The van der Waals surface area contributed by atoms with Crippen LogP contribution in [-0.2, 0) is 0 Å². The van der Waals surface area contributed by atoms with Crippen molar-refractivity contribution in [1.29, 1.82) is 0 Å². The van der Waals surface area contributed by atoms with Crippen LogP contribution >= 0.6 is 0 Å². The van der Waals surface area contributed by atoms with E-state index in [2.05, 4.69) is 20.1 Å². The van der Waals surface area contributed by atoms with Crippen LogP contribution in [0, 0.1) is 33.0 Å². The van der Waals surface area contributed by atoms with E-state index in [1.807, 2.05) is 6.92 Å². The van der Waals surface area contributed by atoms with Crippen LogP contribution in [0.5, 0.6) is 0 Å². The molecule has 11 nitrogen and oxygen atoms in total. The van der Waals surface area contributed by atoms with Crippen molar-refractivity contribution in [3.8, 4) is 5.69 Å². The van der Waals surface area contributed by atoms with E-state index in [4.69, 9.17) is 0 Å². The average Bonchev–Trinajstić information content (AvgIpc) is 3.40. The highest BCUT2D eigenvalue weighted by atomic mass is 19.1. The van der Waals surface area contributed by atoms with E-state index in [1.165, 1.54) is 12.1 Å². The summed E-state index contributed by atoms with van der Waals surface area (Å²) < 4.78 is 13.7. The Morgan fingerprint density at radius 2 is 1.48 bits per heavy atom. The Morgan fingerprint density at radius 3 is 1.84 bits per heavy atom. The van der Waals surface area contributed by atoms with Gasteiger partial charge in [-0.15, -0.1) is 0 Å². The maximum absolute atomic E-state index is 12.1. The number of hydrogen-bond acceptors (Lipinski definition) is 8. The molecule has 0 amide bonds. The molecule has 2 aromatic carbocycles. The Kier molecular flexibility index (Phi) is 8.13. The predicted molar refractivity (Wildman–Crippen MR) is 112 cm³/mol. The second kappa shape index (κ2) is 11.0. The molecular weight excluding hydrogens is 409 g/mol. The minimum absolute atomic E-state index is 0.0654. The monoisotopic (exact) mass is 427 g/mol. The van der Waals surface area contributed by atoms with E-state index in [0.29, 0.717) is 5.82 Å². The summed E-state index contributed by atoms with van der Waals surface area (Å²) in [6.45, 7) is 4.46. The molecule has 1 aliphatic heterocycles. The molecule has 0 fully saturated rings. The molecule has 4 rings (SSSR count). The fourth-order valence-electron chi connectivity index (χ4n) is 2.15. The number of nitrogens with zero attached hydrogens (tertiary/aromatic N) is 7. The van der Waals surface area contributed by atoms with Gasteiger partial charge in [-0.1, -0.05) is 0 Å². The number of aliphatic imine (C=N–C) groups is 2. The van der Waals surface area contributed by atoms with Gasteiger partial charge in [-0.05, 0) is 38.1 Å². The van der Waals surface area contributed by atoms with Crippen molar-refractivity contribution in [2.24, 2.45) is 9.98 Å². The van der Waals surface area contributed by atoms with Gasteiger partial charge in [0, 0.05) is 30.5 Å². The van der Waals surface area contributed by atoms with Gasteiger partial charge in [-0.3, -0.25) is 25.2 Å². The molecule has 0 aliphatic carbocycles. The Balaban J connectivity index is 0.000000183. The maximum atomic E-state index is 12.1. The van der Waals surface area contributed by atoms with E-state index in [-0.39, 0.29) is 11.4 Å². The van der Waals surface area contributed by atoms with Crippen LogP contribution in [-0.4, -0.2) is 43.2 Å². The molecule has 0 saturated heterocycles. The molecule has 0 spiro atoms. The average molecular weight is 427 g/mol. The van der Waals surface area contributed by atoms with Crippen molar-refractivity contribution in [2.75, 3.05) is 6.54 Å². The summed E-state index contributed by atoms with van der Waals surface area (Å²) in [5.74, 6) is 1.09. The van der Waals surface area contributed by atoms with Crippen LogP contribution in [0.2, 0.25) is 0 Å². The Labute approximate surface area is 175 Å². The lowest BCUT2D eigenvalue weighted by Gasteiger charge is -1.98. The van der Waals surface area contributed by atoms with Crippen LogP contribution in [0.15, 0.2) is 64.8 Å². The van der Waals surface area contributed by atoms with Gasteiger partial charge >= 0.3 is 0 Å². The summed E-state index contributed by atoms with van der Waals surface area (Å²) in [4.78, 5) is 31.2. The number of rotatable bonds is 3. The first-order chi connectivity index (χ1) is 14.8. The number of aromatic nitrogens is 3. The van der Waals surface area contributed by atoms with Crippen LogP contribution < -0.4 is 0 Å². The first-order valence-electron chi connectivity index (χ1n) is 8.83. The molecule has 0 bridgehead atoms. The first kappa shape index (κ1) is 22.9. The first-order valence-corrected chi connectivity index (χ1v) is 8.83. The van der Waals surface area contributed by atoms with Crippen LogP contribution in [0.25, 0.3) is 5.69 Å². The molecule has 0 atom stereocenters. The molecule has 0 unspecified atom stereocenters. The van der Waals surface area contributed by atoms with E-state index in [9.17, 15) is 24.6 Å². The largest absolute Gasteiger partial charge is 0.269 e. The molecule has 31 heavy (non-hydrogen) atoms.